The molecule has 0 unspecified atom stereocenters. The van der Waals surface area contributed by atoms with Crippen molar-refractivity contribution in [1.82, 2.24) is 4.57 Å². The summed E-state index contributed by atoms with van der Waals surface area (Å²) >= 11 is 0. The van der Waals surface area contributed by atoms with Crippen molar-refractivity contribution in [2.45, 2.75) is 26.6 Å². The van der Waals surface area contributed by atoms with Gasteiger partial charge in [0.05, 0.1) is 11.1 Å². The summed E-state index contributed by atoms with van der Waals surface area (Å²) in [4.78, 5) is 26.3. The van der Waals surface area contributed by atoms with Crippen molar-refractivity contribution in [2.75, 3.05) is 11.9 Å². The summed E-state index contributed by atoms with van der Waals surface area (Å²) in [5, 5.41) is -0.169. The highest BCUT2D eigenvalue weighted by Gasteiger charge is 2.34. The summed E-state index contributed by atoms with van der Waals surface area (Å²) in [6, 6.07) is 11.9. The van der Waals surface area contributed by atoms with E-state index in [1.165, 1.54) is 27.7 Å². The molecule has 0 spiro atoms. The Balaban J connectivity index is 2.15. The molecule has 3 rings (SSSR count). The van der Waals surface area contributed by atoms with Gasteiger partial charge >= 0.3 is 6.18 Å². The number of pyridine rings is 1. The number of amides is 1. The number of alkyl halides is 3. The fourth-order valence-corrected chi connectivity index (χ4v) is 3.16. The number of aromatic nitrogens is 1. The largest absolute Gasteiger partial charge is 0.417 e. The number of benzene rings is 2. The van der Waals surface area contributed by atoms with Gasteiger partial charge in [-0.15, -0.1) is 0 Å². The Bertz CT molecular complexity index is 1100. The lowest BCUT2D eigenvalue weighted by Crippen LogP contribution is -2.27. The minimum atomic E-state index is -4.70. The van der Waals surface area contributed by atoms with Crippen LogP contribution in [0.3, 0.4) is 0 Å². The van der Waals surface area contributed by atoms with E-state index >= 15 is 0 Å². The smallest absolute Gasteiger partial charge is 0.311 e. The van der Waals surface area contributed by atoms with Crippen molar-refractivity contribution in [3.05, 3.63) is 75.6 Å². The highest BCUT2D eigenvalue weighted by Crippen LogP contribution is 2.34. The van der Waals surface area contributed by atoms with Gasteiger partial charge < -0.3 is 9.47 Å². The molecule has 1 amide bonds. The molecule has 7 heteroatoms. The van der Waals surface area contributed by atoms with Crippen LogP contribution >= 0.6 is 0 Å². The van der Waals surface area contributed by atoms with Gasteiger partial charge in [0.15, 0.2) is 0 Å². The molecule has 3 aromatic rings. The van der Waals surface area contributed by atoms with Crippen LogP contribution in [0.1, 0.15) is 28.4 Å². The second kappa shape index (κ2) is 7.14. The molecule has 28 heavy (non-hydrogen) atoms. The van der Waals surface area contributed by atoms with E-state index < -0.39 is 23.2 Å². The summed E-state index contributed by atoms with van der Waals surface area (Å²) in [5.74, 6) is -0.437. The lowest BCUT2D eigenvalue weighted by Gasteiger charge is -2.19. The van der Waals surface area contributed by atoms with Crippen molar-refractivity contribution >= 4 is 22.5 Å². The summed E-state index contributed by atoms with van der Waals surface area (Å²) in [5.41, 5.74) is 0.162. The monoisotopic (exact) mass is 388 g/mol. The number of aryl methyl sites for hydroxylation is 2. The van der Waals surface area contributed by atoms with Crippen molar-refractivity contribution in [3.8, 4) is 0 Å². The average Bonchev–Trinajstić information content (AvgIpc) is 2.65. The third-order valence-electron chi connectivity index (χ3n) is 4.71. The fraction of sp³-hybridized carbons (Fsp3) is 0.238. The molecule has 0 aliphatic rings. The predicted octanol–water partition coefficient (Wildman–Crippen LogP) is 4.63. The molecule has 1 heterocycles. The lowest BCUT2D eigenvalue weighted by atomic mass is 10.0. The van der Waals surface area contributed by atoms with Crippen LogP contribution in [0.25, 0.3) is 10.9 Å². The van der Waals surface area contributed by atoms with Crippen LogP contribution in [-0.4, -0.2) is 17.5 Å². The van der Waals surface area contributed by atoms with E-state index in [0.29, 0.717) is 11.8 Å². The molecule has 0 bridgehead atoms. The summed E-state index contributed by atoms with van der Waals surface area (Å²) < 4.78 is 41.7. The second-order valence-corrected chi connectivity index (χ2v) is 6.57. The van der Waals surface area contributed by atoms with E-state index in [0.717, 1.165) is 5.56 Å². The van der Waals surface area contributed by atoms with Crippen molar-refractivity contribution in [2.24, 2.45) is 0 Å². The number of carbonyl (C=O) groups excluding carboxylic acids is 1. The molecular formula is C21H19F3N2O2. The van der Waals surface area contributed by atoms with Crippen LogP contribution < -0.4 is 10.5 Å². The van der Waals surface area contributed by atoms with E-state index in [9.17, 15) is 22.8 Å². The van der Waals surface area contributed by atoms with E-state index in [1.807, 2.05) is 19.1 Å². The van der Waals surface area contributed by atoms with Gasteiger partial charge in [0.25, 0.3) is 11.5 Å². The number of hydrogen-bond acceptors (Lipinski definition) is 2. The van der Waals surface area contributed by atoms with Crippen LogP contribution in [0, 0.1) is 6.92 Å². The van der Waals surface area contributed by atoms with Crippen LogP contribution in [-0.2, 0) is 12.7 Å². The van der Waals surface area contributed by atoms with Crippen molar-refractivity contribution in [1.29, 1.82) is 0 Å². The minimum absolute atomic E-state index is 0.113. The Kier molecular flexibility index (Phi) is 5.02. The topological polar surface area (TPSA) is 42.3 Å². The summed E-state index contributed by atoms with van der Waals surface area (Å²) in [7, 11) is 1.56. The molecule has 4 nitrogen and oxygen atoms in total. The van der Waals surface area contributed by atoms with Gasteiger partial charge in [-0.05, 0) is 44.2 Å². The molecule has 0 radical (unpaired) electrons. The zero-order valence-corrected chi connectivity index (χ0v) is 15.7. The molecule has 2 aromatic carbocycles. The third-order valence-corrected chi connectivity index (χ3v) is 4.71. The Labute approximate surface area is 159 Å². The van der Waals surface area contributed by atoms with Gasteiger partial charge in [0, 0.05) is 36.3 Å². The first kappa shape index (κ1) is 19.7. The average molecular weight is 388 g/mol. The van der Waals surface area contributed by atoms with Crippen LogP contribution in [0.4, 0.5) is 18.9 Å². The highest BCUT2D eigenvalue weighted by molar-refractivity contribution is 6.07. The third kappa shape index (κ3) is 3.52. The number of halogens is 3. The van der Waals surface area contributed by atoms with Gasteiger partial charge in [-0.1, -0.05) is 17.7 Å². The molecule has 146 valence electrons. The second-order valence-electron chi connectivity index (χ2n) is 6.57. The lowest BCUT2D eigenvalue weighted by molar-refractivity contribution is -0.136. The summed E-state index contributed by atoms with van der Waals surface area (Å²) in [6.45, 7) is 3.82. The molecule has 0 aliphatic heterocycles. The fourth-order valence-electron chi connectivity index (χ4n) is 3.16. The molecule has 0 fully saturated rings. The molecule has 0 saturated heterocycles. The van der Waals surface area contributed by atoms with Crippen LogP contribution in [0.2, 0.25) is 0 Å². The number of nitrogens with zero attached hydrogens (tertiary/aromatic N) is 2. The first-order valence-electron chi connectivity index (χ1n) is 8.73. The molecular weight excluding hydrogens is 369 g/mol. The van der Waals surface area contributed by atoms with Crippen molar-refractivity contribution in [3.63, 3.8) is 0 Å². The first-order valence-corrected chi connectivity index (χ1v) is 8.73. The van der Waals surface area contributed by atoms with E-state index in [2.05, 4.69) is 0 Å². The van der Waals surface area contributed by atoms with E-state index in [4.69, 9.17) is 0 Å². The number of carbonyl (C=O) groups is 1. The molecule has 0 atom stereocenters. The summed E-state index contributed by atoms with van der Waals surface area (Å²) in [6.07, 6.45) is -4.70. The maximum atomic E-state index is 13.5. The first-order chi connectivity index (χ1) is 13.1. The minimum Gasteiger partial charge on any atom is -0.311 e. The SMILES string of the molecule is CCn1c(=O)cc(C(F)(F)F)c2cc(C(=O)N(C)c3ccc(C)cc3)ccc21. The van der Waals surface area contributed by atoms with Crippen LogP contribution in [0.5, 0.6) is 0 Å². The quantitative estimate of drug-likeness (QED) is 0.657. The number of hydrogen-bond donors (Lipinski definition) is 0. The van der Waals surface area contributed by atoms with E-state index in [-0.39, 0.29) is 23.0 Å². The van der Waals surface area contributed by atoms with Crippen LogP contribution in [0.15, 0.2) is 53.3 Å². The Hall–Kier alpha value is -3.09. The van der Waals surface area contributed by atoms with Gasteiger partial charge in [-0.3, -0.25) is 9.59 Å². The maximum Gasteiger partial charge on any atom is 0.417 e. The van der Waals surface area contributed by atoms with Gasteiger partial charge in [-0.25, -0.2) is 0 Å². The molecule has 0 saturated carbocycles. The van der Waals surface area contributed by atoms with Crippen molar-refractivity contribution < 1.29 is 18.0 Å². The molecule has 1 aromatic heterocycles. The Morgan fingerprint density at radius 1 is 1.07 bits per heavy atom. The zero-order valence-electron chi connectivity index (χ0n) is 15.7. The van der Waals surface area contributed by atoms with Gasteiger partial charge in [0.2, 0.25) is 0 Å². The number of rotatable bonds is 3. The molecule has 0 N–H and O–H groups in total. The molecule has 0 aliphatic carbocycles. The van der Waals surface area contributed by atoms with E-state index in [1.54, 1.807) is 26.1 Å². The highest BCUT2D eigenvalue weighted by atomic mass is 19.4. The number of fused-ring (bicyclic) bond motifs is 1. The Morgan fingerprint density at radius 3 is 2.29 bits per heavy atom. The zero-order chi connectivity index (χ0) is 20.6. The normalized spacial score (nSPS) is 11.6. The van der Waals surface area contributed by atoms with Gasteiger partial charge in [0.1, 0.15) is 0 Å². The standard InChI is InChI=1S/C21H19F3N2O2/c1-4-26-18-10-7-14(11-16(18)17(12-19(26)27)21(22,23)24)20(28)25(3)15-8-5-13(2)6-9-15/h5-12H,4H2,1-3H3. The number of anilines is 1. The maximum absolute atomic E-state index is 13.5. The Morgan fingerprint density at radius 2 is 1.71 bits per heavy atom. The predicted molar refractivity (Wildman–Crippen MR) is 103 cm³/mol. The van der Waals surface area contributed by atoms with Gasteiger partial charge in [-0.2, -0.15) is 13.2 Å².